The number of hydrogen-bond acceptors (Lipinski definition) is 1. The summed E-state index contributed by atoms with van der Waals surface area (Å²) in [4.78, 5) is 0. The lowest BCUT2D eigenvalue weighted by molar-refractivity contribution is 0.781. The van der Waals surface area contributed by atoms with Crippen LogP contribution in [0.1, 0.15) is 117 Å². The van der Waals surface area contributed by atoms with Gasteiger partial charge in [0.2, 0.25) is 0 Å². The molecule has 5 aromatic rings. The first-order valence-corrected chi connectivity index (χ1v) is 24.7. The second-order valence-electron chi connectivity index (χ2n) is 17.9. The van der Waals surface area contributed by atoms with Crippen LogP contribution in [-0.4, -0.2) is 22.2 Å². The Balaban J connectivity index is 1.62. The van der Waals surface area contributed by atoms with Gasteiger partial charge >= 0.3 is 0 Å². The SMILES string of the molecule is CC(C)[Si](C#Cc1c2c(c(C#C[Si](C(C)C)(C(C)C)C(C)C)c3ccccc13)C1c3c(ccc4cc5ccccc5cc34)NC1C=C2)(C(C)C)C(C)C. The van der Waals surface area contributed by atoms with Crippen LogP contribution in [0, 0.1) is 22.9 Å². The largest absolute Gasteiger partial charge is 0.378 e. The van der Waals surface area contributed by atoms with Gasteiger partial charge in [-0.05, 0) is 100 Å². The van der Waals surface area contributed by atoms with E-state index in [-0.39, 0.29) is 12.0 Å². The van der Waals surface area contributed by atoms with E-state index in [4.69, 9.17) is 0 Å². The van der Waals surface area contributed by atoms with Gasteiger partial charge in [0.25, 0.3) is 0 Å². The van der Waals surface area contributed by atoms with Gasteiger partial charge in [0, 0.05) is 22.7 Å². The van der Waals surface area contributed by atoms with Crippen molar-refractivity contribution in [3.63, 3.8) is 0 Å². The van der Waals surface area contributed by atoms with Crippen molar-refractivity contribution in [2.24, 2.45) is 0 Å². The van der Waals surface area contributed by atoms with Crippen molar-refractivity contribution in [2.45, 2.75) is 128 Å². The fraction of sp³-hybridized carbons (Fsp3) is 0.400. The van der Waals surface area contributed by atoms with Gasteiger partial charge in [0.05, 0.1) is 6.04 Å². The van der Waals surface area contributed by atoms with Gasteiger partial charge in [-0.15, -0.1) is 11.1 Å². The molecule has 2 atom stereocenters. The molecule has 0 aromatic heterocycles. The first-order valence-electron chi connectivity index (χ1n) is 20.3. The minimum absolute atomic E-state index is 0.125. The van der Waals surface area contributed by atoms with Crippen LogP contribution < -0.4 is 5.32 Å². The Bertz CT molecular complexity index is 2340. The van der Waals surface area contributed by atoms with E-state index in [2.05, 4.69) is 196 Å². The molecular formula is C50H59NSi2. The third-order valence-electron chi connectivity index (χ3n) is 13.5. The number of rotatable bonds is 6. The Kier molecular flexibility index (Phi) is 9.85. The van der Waals surface area contributed by atoms with Crippen LogP contribution in [0.25, 0.3) is 38.4 Å². The average molecular weight is 730 g/mol. The smallest absolute Gasteiger partial charge is 0.146 e. The summed E-state index contributed by atoms with van der Waals surface area (Å²) in [7, 11) is -4.03. The van der Waals surface area contributed by atoms with Gasteiger partial charge in [-0.1, -0.05) is 162 Å². The van der Waals surface area contributed by atoms with Gasteiger partial charge in [-0.2, -0.15) is 0 Å². The molecule has 53 heavy (non-hydrogen) atoms. The summed E-state index contributed by atoms with van der Waals surface area (Å²) in [5.41, 5.74) is 19.4. The lowest BCUT2D eigenvalue weighted by atomic mass is 9.74. The van der Waals surface area contributed by atoms with E-state index >= 15 is 0 Å². The van der Waals surface area contributed by atoms with E-state index in [0.29, 0.717) is 33.2 Å². The molecule has 0 fully saturated rings. The number of anilines is 1. The first kappa shape index (κ1) is 37.3. The topological polar surface area (TPSA) is 12.0 Å². The molecular weight excluding hydrogens is 671 g/mol. The van der Waals surface area contributed by atoms with Crippen molar-refractivity contribution in [3.8, 4) is 22.9 Å². The zero-order valence-corrected chi connectivity index (χ0v) is 36.2. The van der Waals surface area contributed by atoms with E-state index < -0.39 is 16.1 Å². The highest BCUT2D eigenvalue weighted by Crippen LogP contribution is 2.52. The molecule has 1 aliphatic carbocycles. The molecule has 0 bridgehead atoms. The van der Waals surface area contributed by atoms with Gasteiger partial charge in [0.15, 0.2) is 0 Å². The summed E-state index contributed by atoms with van der Waals surface area (Å²) >= 11 is 0. The molecule has 0 radical (unpaired) electrons. The monoisotopic (exact) mass is 729 g/mol. The molecule has 2 unspecified atom stereocenters. The zero-order chi connectivity index (χ0) is 38.0. The maximum atomic E-state index is 4.19. The van der Waals surface area contributed by atoms with Crippen LogP contribution in [0.2, 0.25) is 33.2 Å². The molecule has 1 aliphatic heterocycles. The van der Waals surface area contributed by atoms with Crippen LogP contribution in [-0.2, 0) is 0 Å². The van der Waals surface area contributed by atoms with E-state index in [0.717, 1.165) is 0 Å². The van der Waals surface area contributed by atoms with Crippen LogP contribution in [0.3, 0.4) is 0 Å². The summed E-state index contributed by atoms with van der Waals surface area (Å²) in [6.45, 7) is 29.1. The fourth-order valence-electron chi connectivity index (χ4n) is 11.1. The second kappa shape index (κ2) is 14.0. The van der Waals surface area contributed by atoms with E-state index in [1.54, 1.807) is 0 Å². The number of benzene rings is 5. The van der Waals surface area contributed by atoms with E-state index in [1.807, 2.05) is 0 Å². The first-order chi connectivity index (χ1) is 25.2. The molecule has 0 saturated heterocycles. The number of hydrogen-bond donors (Lipinski definition) is 1. The lowest BCUT2D eigenvalue weighted by Gasteiger charge is -2.38. The highest BCUT2D eigenvalue weighted by Gasteiger charge is 2.44. The third kappa shape index (κ3) is 5.82. The van der Waals surface area contributed by atoms with Crippen molar-refractivity contribution in [1.82, 2.24) is 0 Å². The van der Waals surface area contributed by atoms with Crippen molar-refractivity contribution in [1.29, 1.82) is 0 Å². The summed E-state index contributed by atoms with van der Waals surface area (Å²) in [6, 6.07) is 27.4. The number of nitrogens with one attached hydrogen (secondary N) is 1. The highest BCUT2D eigenvalue weighted by atomic mass is 28.3. The molecule has 5 aromatic carbocycles. The molecule has 3 heteroatoms. The molecule has 272 valence electrons. The molecule has 0 saturated carbocycles. The van der Waals surface area contributed by atoms with Gasteiger partial charge in [-0.3, -0.25) is 0 Å². The zero-order valence-electron chi connectivity index (χ0n) is 34.2. The van der Waals surface area contributed by atoms with Crippen molar-refractivity contribution < 1.29 is 0 Å². The van der Waals surface area contributed by atoms with Gasteiger partial charge in [-0.25, -0.2) is 0 Å². The molecule has 0 amide bonds. The second-order valence-corrected chi connectivity index (χ2v) is 29.0. The summed E-state index contributed by atoms with van der Waals surface area (Å²) in [5, 5.41) is 11.7. The Morgan fingerprint density at radius 2 is 1.00 bits per heavy atom. The highest BCUT2D eigenvalue weighted by molar-refractivity contribution is 6.91. The van der Waals surface area contributed by atoms with Crippen LogP contribution in [0.5, 0.6) is 0 Å². The van der Waals surface area contributed by atoms with Gasteiger partial charge in [0.1, 0.15) is 16.1 Å². The minimum atomic E-state index is -2.03. The summed E-state index contributed by atoms with van der Waals surface area (Å²) in [5.74, 6) is 8.23. The van der Waals surface area contributed by atoms with Crippen molar-refractivity contribution >= 4 is 60.2 Å². The van der Waals surface area contributed by atoms with Crippen molar-refractivity contribution in [3.05, 3.63) is 107 Å². The van der Waals surface area contributed by atoms with Crippen LogP contribution in [0.15, 0.2) is 78.9 Å². The van der Waals surface area contributed by atoms with Crippen molar-refractivity contribution in [2.75, 3.05) is 5.32 Å². The molecule has 0 spiro atoms. The molecule has 1 nitrogen and oxygen atoms in total. The third-order valence-corrected chi connectivity index (χ3v) is 26.1. The fourth-order valence-corrected chi connectivity index (χ4v) is 21.5. The molecule has 1 N–H and O–H groups in total. The van der Waals surface area contributed by atoms with Crippen LogP contribution >= 0.6 is 0 Å². The Hall–Kier alpha value is -4.03. The Labute approximate surface area is 322 Å². The number of fused-ring (bicyclic) bond motifs is 9. The molecule has 1 heterocycles. The predicted octanol–water partition coefficient (Wildman–Crippen LogP) is 14.2. The van der Waals surface area contributed by atoms with Crippen LogP contribution in [0.4, 0.5) is 5.69 Å². The quantitative estimate of drug-likeness (QED) is 0.104. The predicted molar refractivity (Wildman–Crippen MR) is 240 cm³/mol. The van der Waals surface area contributed by atoms with E-state index in [9.17, 15) is 0 Å². The molecule has 2 aliphatic rings. The maximum absolute atomic E-state index is 4.19. The average Bonchev–Trinajstić information content (AvgIpc) is 3.50. The molecule has 7 rings (SSSR count). The maximum Gasteiger partial charge on any atom is 0.146 e. The van der Waals surface area contributed by atoms with Gasteiger partial charge < -0.3 is 5.32 Å². The standard InChI is InChI=1S/C50H59NSi2/c1-31(2)52(32(3)4,33(5)6)27-25-42-40-19-15-16-20-41(40)44(26-28-53(34(7)8,35(9)10)36(11)12)48-43(42)22-24-47-50(48)49-45-30-38-18-14-13-17-37(38)29-39(45)21-23-46(49)51-47/h13-24,29-36,47,50-51H,1-12H3. The van der Waals surface area contributed by atoms with E-state index in [1.165, 1.54) is 65.8 Å². The lowest BCUT2D eigenvalue weighted by Crippen LogP contribution is -2.43. The summed E-state index contributed by atoms with van der Waals surface area (Å²) < 4.78 is 0. The Morgan fingerprint density at radius 3 is 1.55 bits per heavy atom. The normalized spacial score (nSPS) is 16.7. The minimum Gasteiger partial charge on any atom is -0.378 e. The Morgan fingerprint density at radius 1 is 0.509 bits per heavy atom. The summed E-state index contributed by atoms with van der Waals surface area (Å²) in [6.07, 6.45) is 4.82.